The molecule has 0 aliphatic rings. The minimum Gasteiger partial charge on any atom is -0.497 e. The van der Waals surface area contributed by atoms with Crippen molar-refractivity contribution in [3.8, 4) is 5.75 Å². The zero-order valence-electron chi connectivity index (χ0n) is 14.8. The topological polar surface area (TPSA) is 81.9 Å². The van der Waals surface area contributed by atoms with Crippen LogP contribution in [-0.4, -0.2) is 41.0 Å². The molecular weight excluding hydrogens is 390 g/mol. The Morgan fingerprint density at radius 3 is 2.78 bits per heavy atom. The van der Waals surface area contributed by atoms with Gasteiger partial charge in [0.25, 0.3) is 5.91 Å². The van der Waals surface area contributed by atoms with E-state index in [-0.39, 0.29) is 16.8 Å². The van der Waals surface area contributed by atoms with E-state index in [0.29, 0.717) is 17.9 Å². The Morgan fingerprint density at radius 1 is 1.33 bits per heavy atom. The van der Waals surface area contributed by atoms with Gasteiger partial charge in [0.2, 0.25) is 0 Å². The van der Waals surface area contributed by atoms with Gasteiger partial charge in [-0.15, -0.1) is 11.3 Å². The number of hydrogen-bond donors (Lipinski definition) is 1. The van der Waals surface area contributed by atoms with Crippen LogP contribution < -0.4 is 10.1 Å². The third-order valence-corrected chi connectivity index (χ3v) is 4.96. The molecule has 9 heteroatoms. The third-order valence-electron chi connectivity index (χ3n) is 3.94. The first-order valence-corrected chi connectivity index (χ1v) is 9.48. The summed E-state index contributed by atoms with van der Waals surface area (Å²) >= 11 is 7.35. The molecule has 7 nitrogen and oxygen atoms in total. The monoisotopic (exact) mass is 407 g/mol. The van der Waals surface area contributed by atoms with E-state index in [4.69, 9.17) is 21.1 Å². The normalized spacial score (nSPS) is 12.0. The lowest BCUT2D eigenvalue weighted by Gasteiger charge is -2.13. The zero-order valence-corrected chi connectivity index (χ0v) is 16.3. The number of halogens is 1. The second kappa shape index (κ2) is 8.41. The maximum atomic E-state index is 12.4. The van der Waals surface area contributed by atoms with E-state index in [1.165, 1.54) is 18.3 Å². The molecule has 27 heavy (non-hydrogen) atoms. The molecule has 0 aliphatic heterocycles. The van der Waals surface area contributed by atoms with Crippen LogP contribution in [-0.2, 0) is 16.0 Å². The summed E-state index contributed by atoms with van der Waals surface area (Å²) in [6.45, 7) is 1.94. The second-order valence-electron chi connectivity index (χ2n) is 5.74. The van der Waals surface area contributed by atoms with Crippen molar-refractivity contribution in [3.05, 3.63) is 52.3 Å². The molecule has 0 spiro atoms. The summed E-state index contributed by atoms with van der Waals surface area (Å²) in [5.41, 5.74) is 1.18. The number of carbonyl (C=O) groups excluding carboxylic acids is 2. The van der Waals surface area contributed by atoms with Crippen LogP contribution in [0.4, 0.5) is 0 Å². The van der Waals surface area contributed by atoms with Gasteiger partial charge in [-0.1, -0.05) is 23.7 Å². The van der Waals surface area contributed by atoms with E-state index >= 15 is 0 Å². The highest BCUT2D eigenvalue weighted by Gasteiger charge is 2.24. The standard InChI is InChI=1S/C18H18ClN3O4S/c1-11(16(23)20-8-7-12-3-5-13(25-2)6-4-12)26-17(24)14-15(19)21-18-22(14)9-10-27-18/h3-6,9-11H,7-8H2,1-2H3,(H,20,23)/t11-/m0/s1. The van der Waals surface area contributed by atoms with Crippen molar-refractivity contribution < 1.29 is 19.1 Å². The van der Waals surface area contributed by atoms with Gasteiger partial charge in [0.1, 0.15) is 5.75 Å². The van der Waals surface area contributed by atoms with Crippen molar-refractivity contribution in [2.45, 2.75) is 19.4 Å². The Kier molecular flexibility index (Phi) is 5.98. The average molecular weight is 408 g/mol. The van der Waals surface area contributed by atoms with Gasteiger partial charge >= 0.3 is 5.97 Å². The quantitative estimate of drug-likeness (QED) is 0.609. The molecule has 2 aromatic heterocycles. The molecule has 3 aromatic rings. The molecule has 1 aromatic carbocycles. The van der Waals surface area contributed by atoms with Crippen molar-refractivity contribution in [1.29, 1.82) is 0 Å². The maximum Gasteiger partial charge on any atom is 0.359 e. The van der Waals surface area contributed by atoms with Gasteiger partial charge in [-0.3, -0.25) is 9.20 Å². The number of esters is 1. The lowest BCUT2D eigenvalue weighted by atomic mass is 10.1. The van der Waals surface area contributed by atoms with Gasteiger partial charge in [0, 0.05) is 18.1 Å². The van der Waals surface area contributed by atoms with Crippen molar-refractivity contribution in [2.75, 3.05) is 13.7 Å². The Labute approximate surface area is 164 Å². The number of nitrogens with one attached hydrogen (secondary N) is 1. The number of nitrogens with zero attached hydrogens (tertiary/aromatic N) is 2. The van der Waals surface area contributed by atoms with Crippen molar-refractivity contribution in [1.82, 2.24) is 14.7 Å². The van der Waals surface area contributed by atoms with Gasteiger partial charge in [-0.25, -0.2) is 9.78 Å². The summed E-state index contributed by atoms with van der Waals surface area (Å²) in [5, 5.41) is 4.59. The highest BCUT2D eigenvalue weighted by atomic mass is 35.5. The van der Waals surface area contributed by atoms with Gasteiger partial charge in [0.05, 0.1) is 7.11 Å². The summed E-state index contributed by atoms with van der Waals surface area (Å²) < 4.78 is 11.9. The number of rotatable bonds is 7. The molecule has 1 atom stereocenters. The number of thiazole rings is 1. The summed E-state index contributed by atoms with van der Waals surface area (Å²) in [6, 6.07) is 7.59. The van der Waals surface area contributed by atoms with E-state index in [2.05, 4.69) is 10.3 Å². The van der Waals surface area contributed by atoms with Crippen LogP contribution in [0.1, 0.15) is 23.0 Å². The highest BCUT2D eigenvalue weighted by molar-refractivity contribution is 7.15. The first-order valence-electron chi connectivity index (χ1n) is 8.22. The first-order chi connectivity index (χ1) is 13.0. The molecule has 1 amide bonds. The Balaban J connectivity index is 1.51. The zero-order chi connectivity index (χ0) is 19.4. The molecule has 0 unspecified atom stereocenters. The summed E-state index contributed by atoms with van der Waals surface area (Å²) in [6.07, 6.45) is 1.38. The van der Waals surface area contributed by atoms with Crippen LogP contribution in [0.3, 0.4) is 0 Å². The van der Waals surface area contributed by atoms with Gasteiger partial charge < -0.3 is 14.8 Å². The predicted molar refractivity (Wildman–Crippen MR) is 103 cm³/mol. The summed E-state index contributed by atoms with van der Waals surface area (Å²) in [7, 11) is 1.61. The highest BCUT2D eigenvalue weighted by Crippen LogP contribution is 2.22. The minimum atomic E-state index is -0.950. The van der Waals surface area contributed by atoms with Crippen molar-refractivity contribution in [3.63, 3.8) is 0 Å². The van der Waals surface area contributed by atoms with Crippen LogP contribution in [0.15, 0.2) is 35.8 Å². The molecular formula is C18H18ClN3O4S. The van der Waals surface area contributed by atoms with Crippen LogP contribution >= 0.6 is 22.9 Å². The Morgan fingerprint density at radius 2 is 2.07 bits per heavy atom. The number of methoxy groups -OCH3 is 1. The molecule has 0 bridgehead atoms. The number of carbonyl (C=O) groups is 2. The molecule has 1 N–H and O–H groups in total. The van der Waals surface area contributed by atoms with Gasteiger partial charge in [-0.2, -0.15) is 0 Å². The van der Waals surface area contributed by atoms with Crippen LogP contribution in [0, 0.1) is 0 Å². The van der Waals surface area contributed by atoms with Gasteiger partial charge in [-0.05, 0) is 31.0 Å². The fourth-order valence-corrected chi connectivity index (χ4v) is 3.49. The number of benzene rings is 1. The number of fused-ring (bicyclic) bond motifs is 1. The molecule has 2 heterocycles. The molecule has 0 aliphatic carbocycles. The number of imidazole rings is 1. The molecule has 0 fully saturated rings. The summed E-state index contributed by atoms with van der Waals surface area (Å²) in [4.78, 5) is 29.2. The predicted octanol–water partition coefficient (Wildman–Crippen LogP) is 2.96. The first kappa shape index (κ1) is 19.2. The van der Waals surface area contributed by atoms with E-state index in [1.807, 2.05) is 24.3 Å². The second-order valence-corrected chi connectivity index (χ2v) is 6.97. The largest absolute Gasteiger partial charge is 0.497 e. The maximum absolute atomic E-state index is 12.4. The smallest absolute Gasteiger partial charge is 0.359 e. The van der Waals surface area contributed by atoms with Gasteiger partial charge in [0.15, 0.2) is 21.9 Å². The van der Waals surface area contributed by atoms with Crippen molar-refractivity contribution in [2.24, 2.45) is 0 Å². The van der Waals surface area contributed by atoms with Crippen LogP contribution in [0.25, 0.3) is 4.96 Å². The molecule has 142 valence electrons. The lowest BCUT2D eigenvalue weighted by Crippen LogP contribution is -2.37. The molecule has 0 saturated heterocycles. The Bertz CT molecular complexity index is 951. The van der Waals surface area contributed by atoms with Crippen LogP contribution in [0.2, 0.25) is 5.15 Å². The lowest BCUT2D eigenvalue weighted by molar-refractivity contribution is -0.129. The number of ether oxygens (including phenoxy) is 2. The fraction of sp³-hybridized carbons (Fsp3) is 0.278. The minimum absolute atomic E-state index is 0.0546. The van der Waals surface area contributed by atoms with Crippen LogP contribution in [0.5, 0.6) is 5.75 Å². The average Bonchev–Trinajstić information content (AvgIpc) is 3.21. The van der Waals surface area contributed by atoms with E-state index in [9.17, 15) is 9.59 Å². The SMILES string of the molecule is COc1ccc(CCNC(=O)[C@H](C)OC(=O)c2c(Cl)nc3sccn23)cc1. The fourth-order valence-electron chi connectivity index (χ4n) is 2.48. The summed E-state index contributed by atoms with van der Waals surface area (Å²) in [5.74, 6) is -0.288. The Hall–Kier alpha value is -2.58. The number of hydrogen-bond acceptors (Lipinski definition) is 6. The van der Waals surface area contributed by atoms with Crippen molar-refractivity contribution >= 4 is 39.8 Å². The molecule has 0 radical (unpaired) electrons. The number of aromatic nitrogens is 2. The number of amides is 1. The third kappa shape index (κ3) is 4.40. The van der Waals surface area contributed by atoms with E-state index in [1.54, 1.807) is 23.1 Å². The molecule has 3 rings (SSSR count). The van der Waals surface area contributed by atoms with E-state index in [0.717, 1.165) is 11.3 Å². The molecule has 0 saturated carbocycles. The van der Waals surface area contributed by atoms with E-state index < -0.39 is 12.1 Å².